The summed E-state index contributed by atoms with van der Waals surface area (Å²) in [5.74, 6) is -0.352. The van der Waals surface area contributed by atoms with E-state index >= 15 is 0 Å². The van der Waals surface area contributed by atoms with E-state index in [0.29, 0.717) is 31.6 Å². The zero-order valence-electron chi connectivity index (χ0n) is 14.5. The first kappa shape index (κ1) is 17.9. The number of carbonyl (C=O) groups is 2. The molecule has 2 aromatic carbocycles. The van der Waals surface area contributed by atoms with Gasteiger partial charge in [-0.2, -0.15) is 0 Å². The topological polar surface area (TPSA) is 61.4 Å². The molecule has 0 saturated carbocycles. The summed E-state index contributed by atoms with van der Waals surface area (Å²) < 4.78 is 13.5. The number of anilines is 1. The predicted octanol–water partition coefficient (Wildman–Crippen LogP) is 2.01. The van der Waals surface area contributed by atoms with Crippen molar-refractivity contribution < 1.29 is 14.0 Å². The van der Waals surface area contributed by atoms with Crippen LogP contribution in [0.15, 0.2) is 48.5 Å². The molecule has 0 spiro atoms. The average molecular weight is 355 g/mol. The lowest BCUT2D eigenvalue weighted by molar-refractivity contribution is -0.121. The minimum Gasteiger partial charge on any atom is -0.360 e. The second kappa shape index (κ2) is 8.47. The molecule has 2 N–H and O–H groups in total. The second-order valence-corrected chi connectivity index (χ2v) is 6.31. The molecule has 1 aliphatic heterocycles. The molecule has 0 aromatic heterocycles. The first-order valence-corrected chi connectivity index (χ1v) is 8.72. The highest BCUT2D eigenvalue weighted by Crippen LogP contribution is 2.16. The van der Waals surface area contributed by atoms with Crippen LogP contribution in [0.1, 0.15) is 17.5 Å². The molecule has 1 aliphatic rings. The number of nitrogens with one attached hydrogen (secondary N) is 2. The van der Waals surface area contributed by atoms with Crippen LogP contribution in [0, 0.1) is 5.82 Å². The fraction of sp³-hybridized carbons (Fsp3) is 0.300. The Kier molecular flexibility index (Phi) is 5.84. The first-order chi connectivity index (χ1) is 12.6. The highest BCUT2D eigenvalue weighted by molar-refractivity contribution is 5.82. The number of hydrogen-bond acceptors (Lipinski definition) is 3. The Morgan fingerprint density at radius 3 is 2.65 bits per heavy atom. The Labute approximate surface area is 152 Å². The summed E-state index contributed by atoms with van der Waals surface area (Å²) in [5.41, 5.74) is 2.53. The molecule has 2 amide bonds. The summed E-state index contributed by atoms with van der Waals surface area (Å²) in [6.45, 7) is 2.24. The van der Waals surface area contributed by atoms with Crippen LogP contribution < -0.4 is 15.5 Å². The smallest absolute Gasteiger partial charge is 0.239 e. The zero-order chi connectivity index (χ0) is 18.4. The number of hydrogen-bond donors (Lipinski definition) is 2. The van der Waals surface area contributed by atoms with E-state index in [1.54, 1.807) is 18.2 Å². The molecular weight excluding hydrogens is 333 g/mol. The van der Waals surface area contributed by atoms with Crippen LogP contribution in [0.2, 0.25) is 0 Å². The van der Waals surface area contributed by atoms with E-state index in [2.05, 4.69) is 10.6 Å². The molecule has 0 radical (unpaired) electrons. The number of carbonyl (C=O) groups excluding carboxylic acids is 2. The molecule has 26 heavy (non-hydrogen) atoms. The monoisotopic (exact) mass is 355 g/mol. The Morgan fingerprint density at radius 2 is 1.92 bits per heavy atom. The van der Waals surface area contributed by atoms with Gasteiger partial charge in [0, 0.05) is 31.7 Å². The molecule has 136 valence electrons. The number of piperazine rings is 1. The number of aryl methyl sites for hydroxylation is 1. The molecule has 5 nitrogen and oxygen atoms in total. The predicted molar refractivity (Wildman–Crippen MR) is 98.2 cm³/mol. The lowest BCUT2D eigenvalue weighted by Crippen LogP contribution is -2.47. The van der Waals surface area contributed by atoms with Crippen LogP contribution >= 0.6 is 0 Å². The quantitative estimate of drug-likeness (QED) is 0.833. The number of nitrogens with zero attached hydrogens (tertiary/aromatic N) is 1. The maximum Gasteiger partial charge on any atom is 0.239 e. The average Bonchev–Trinajstić information content (AvgIpc) is 2.66. The zero-order valence-corrected chi connectivity index (χ0v) is 14.5. The Bertz CT molecular complexity index is 777. The van der Waals surface area contributed by atoms with Gasteiger partial charge in [-0.15, -0.1) is 0 Å². The van der Waals surface area contributed by atoms with E-state index in [9.17, 15) is 14.0 Å². The molecule has 1 heterocycles. The van der Waals surface area contributed by atoms with Gasteiger partial charge >= 0.3 is 0 Å². The minimum absolute atomic E-state index is 0.0300. The molecule has 1 fully saturated rings. The number of amides is 2. The fourth-order valence-corrected chi connectivity index (χ4v) is 2.92. The van der Waals surface area contributed by atoms with Crippen molar-refractivity contribution in [1.29, 1.82) is 0 Å². The maximum atomic E-state index is 13.5. The van der Waals surface area contributed by atoms with Crippen molar-refractivity contribution in [3.8, 4) is 0 Å². The van der Waals surface area contributed by atoms with Crippen molar-refractivity contribution >= 4 is 17.5 Å². The Balaban J connectivity index is 1.46. The van der Waals surface area contributed by atoms with Gasteiger partial charge in [0.2, 0.25) is 11.8 Å². The maximum absolute atomic E-state index is 13.5. The standard InChI is InChI=1S/C20H22FN3O2/c21-18-4-2-1-3-16(18)7-10-19(25)23-13-15-5-8-17(9-6-15)24-12-11-22-20(26)14-24/h1-6,8-9H,7,10-14H2,(H,22,26)(H,23,25). The Hall–Kier alpha value is -2.89. The third kappa shape index (κ3) is 4.81. The minimum atomic E-state index is -0.276. The molecule has 0 aliphatic carbocycles. The van der Waals surface area contributed by atoms with Crippen LogP contribution in [0.4, 0.5) is 10.1 Å². The SMILES string of the molecule is O=C(CCc1ccccc1F)NCc1ccc(N2CCNC(=O)C2)cc1. The summed E-state index contributed by atoms with van der Waals surface area (Å²) in [5, 5.41) is 5.66. The highest BCUT2D eigenvalue weighted by atomic mass is 19.1. The van der Waals surface area contributed by atoms with E-state index in [1.807, 2.05) is 29.2 Å². The lowest BCUT2D eigenvalue weighted by Gasteiger charge is -2.28. The van der Waals surface area contributed by atoms with Crippen LogP contribution in [-0.4, -0.2) is 31.4 Å². The van der Waals surface area contributed by atoms with Gasteiger partial charge in [-0.05, 0) is 35.7 Å². The largest absolute Gasteiger partial charge is 0.360 e. The van der Waals surface area contributed by atoms with Crippen molar-refractivity contribution in [2.75, 3.05) is 24.5 Å². The molecular formula is C20H22FN3O2. The summed E-state index contributed by atoms with van der Waals surface area (Å²) in [7, 11) is 0. The third-order valence-corrected chi connectivity index (χ3v) is 4.41. The van der Waals surface area contributed by atoms with Crippen molar-refractivity contribution in [1.82, 2.24) is 10.6 Å². The lowest BCUT2D eigenvalue weighted by atomic mass is 10.1. The van der Waals surface area contributed by atoms with Gasteiger partial charge in [0.25, 0.3) is 0 Å². The van der Waals surface area contributed by atoms with Crippen molar-refractivity contribution in [2.45, 2.75) is 19.4 Å². The van der Waals surface area contributed by atoms with Crippen LogP contribution in [0.25, 0.3) is 0 Å². The summed E-state index contributed by atoms with van der Waals surface area (Å²) >= 11 is 0. The highest BCUT2D eigenvalue weighted by Gasteiger charge is 2.16. The molecule has 6 heteroatoms. The molecule has 3 rings (SSSR count). The van der Waals surface area contributed by atoms with Gasteiger partial charge in [-0.3, -0.25) is 9.59 Å². The van der Waals surface area contributed by atoms with Crippen LogP contribution in [0.5, 0.6) is 0 Å². The summed E-state index contributed by atoms with van der Waals surface area (Å²) in [6.07, 6.45) is 0.635. The van der Waals surface area contributed by atoms with E-state index in [4.69, 9.17) is 0 Å². The van der Waals surface area contributed by atoms with E-state index in [-0.39, 0.29) is 24.1 Å². The third-order valence-electron chi connectivity index (χ3n) is 4.41. The molecule has 0 bridgehead atoms. The van der Waals surface area contributed by atoms with E-state index in [1.165, 1.54) is 6.07 Å². The van der Waals surface area contributed by atoms with Crippen molar-refractivity contribution in [3.63, 3.8) is 0 Å². The summed E-state index contributed by atoms with van der Waals surface area (Å²) in [4.78, 5) is 25.4. The van der Waals surface area contributed by atoms with Gasteiger partial charge in [-0.1, -0.05) is 30.3 Å². The molecule has 1 saturated heterocycles. The van der Waals surface area contributed by atoms with Gasteiger partial charge < -0.3 is 15.5 Å². The van der Waals surface area contributed by atoms with Gasteiger partial charge in [0.15, 0.2) is 0 Å². The Morgan fingerprint density at radius 1 is 1.15 bits per heavy atom. The van der Waals surface area contributed by atoms with E-state index in [0.717, 1.165) is 17.8 Å². The number of rotatable bonds is 6. The van der Waals surface area contributed by atoms with Crippen LogP contribution in [-0.2, 0) is 22.6 Å². The fourth-order valence-electron chi connectivity index (χ4n) is 2.92. The van der Waals surface area contributed by atoms with Gasteiger partial charge in [0.05, 0.1) is 6.54 Å². The van der Waals surface area contributed by atoms with E-state index < -0.39 is 0 Å². The number of halogens is 1. The van der Waals surface area contributed by atoms with Crippen molar-refractivity contribution in [3.05, 3.63) is 65.5 Å². The van der Waals surface area contributed by atoms with Crippen molar-refractivity contribution in [2.24, 2.45) is 0 Å². The number of benzene rings is 2. The second-order valence-electron chi connectivity index (χ2n) is 6.31. The molecule has 2 aromatic rings. The normalized spacial score (nSPS) is 14.0. The molecule has 0 unspecified atom stereocenters. The van der Waals surface area contributed by atoms with Gasteiger partial charge in [0.1, 0.15) is 5.82 Å². The molecule has 0 atom stereocenters. The summed E-state index contributed by atoms with van der Waals surface area (Å²) in [6, 6.07) is 14.3. The van der Waals surface area contributed by atoms with Crippen LogP contribution in [0.3, 0.4) is 0 Å². The first-order valence-electron chi connectivity index (χ1n) is 8.72. The van der Waals surface area contributed by atoms with Gasteiger partial charge in [-0.25, -0.2) is 4.39 Å².